The summed E-state index contributed by atoms with van der Waals surface area (Å²) in [6, 6.07) is 16.6. The number of pyridine rings is 1. The Morgan fingerprint density at radius 2 is 2.00 bits per heavy atom. The van der Waals surface area contributed by atoms with Crippen molar-refractivity contribution in [2.75, 3.05) is 52.3 Å². The minimum absolute atomic E-state index is 0.0508. The van der Waals surface area contributed by atoms with Crippen molar-refractivity contribution in [1.29, 1.82) is 0 Å². The molecule has 1 amide bonds. The molecule has 0 saturated carbocycles. The highest BCUT2D eigenvalue weighted by Gasteiger charge is 2.28. The summed E-state index contributed by atoms with van der Waals surface area (Å²) in [6.45, 7) is 2.40. The third-order valence-electron chi connectivity index (χ3n) is 6.35. The lowest BCUT2D eigenvalue weighted by Gasteiger charge is -2.36. The van der Waals surface area contributed by atoms with E-state index in [9.17, 15) is 4.79 Å². The van der Waals surface area contributed by atoms with Gasteiger partial charge >= 0.3 is 0 Å². The van der Waals surface area contributed by atoms with Gasteiger partial charge in [-0.05, 0) is 56.6 Å². The van der Waals surface area contributed by atoms with Crippen molar-refractivity contribution < 1.29 is 19.0 Å². The summed E-state index contributed by atoms with van der Waals surface area (Å²) in [5.74, 6) is 1.78. The molecule has 2 aromatic heterocycles. The van der Waals surface area contributed by atoms with Gasteiger partial charge in [0.05, 0.1) is 47.4 Å². The van der Waals surface area contributed by atoms with Crippen LogP contribution in [-0.4, -0.2) is 83.7 Å². The lowest BCUT2D eigenvalue weighted by molar-refractivity contribution is -0.141. The third-order valence-corrected chi connectivity index (χ3v) is 6.65. The number of likely N-dealkylation sites (N-methyl/N-ethyl adjacent to an activating group) is 1. The van der Waals surface area contributed by atoms with E-state index in [2.05, 4.69) is 20.3 Å². The first-order valence-electron chi connectivity index (χ1n) is 13.0. The maximum atomic E-state index is 12.8. The Hall–Kier alpha value is -3.99. The van der Waals surface area contributed by atoms with E-state index in [1.54, 1.807) is 18.3 Å². The van der Waals surface area contributed by atoms with Crippen LogP contribution in [0.2, 0.25) is 5.02 Å². The van der Waals surface area contributed by atoms with E-state index in [1.165, 1.54) is 6.33 Å². The molecular formula is C29H31ClN6O4. The molecule has 1 saturated heterocycles. The zero-order valence-corrected chi connectivity index (χ0v) is 23.2. The van der Waals surface area contributed by atoms with Gasteiger partial charge in [0.15, 0.2) is 0 Å². The average Bonchev–Trinajstić information content (AvgIpc) is 2.96. The molecule has 0 unspecified atom stereocenters. The smallest absolute Gasteiger partial charge is 0.237 e. The number of ether oxygens (including phenoxy) is 3. The van der Waals surface area contributed by atoms with Gasteiger partial charge in [-0.3, -0.25) is 9.78 Å². The van der Waals surface area contributed by atoms with Crippen LogP contribution in [0, 0.1) is 0 Å². The summed E-state index contributed by atoms with van der Waals surface area (Å²) < 4.78 is 17.8. The van der Waals surface area contributed by atoms with E-state index in [4.69, 9.17) is 25.8 Å². The molecule has 4 aromatic rings. The van der Waals surface area contributed by atoms with E-state index in [0.29, 0.717) is 55.2 Å². The minimum Gasteiger partial charge on any atom is -0.490 e. The summed E-state index contributed by atoms with van der Waals surface area (Å²) >= 11 is 6.53. The van der Waals surface area contributed by atoms with Gasteiger partial charge in [-0.25, -0.2) is 9.97 Å². The Morgan fingerprint density at radius 3 is 2.80 bits per heavy atom. The zero-order valence-electron chi connectivity index (χ0n) is 22.4. The molecule has 0 bridgehead atoms. The van der Waals surface area contributed by atoms with Crippen LogP contribution in [0.3, 0.4) is 0 Å². The highest BCUT2D eigenvalue weighted by molar-refractivity contribution is 6.32. The Balaban J connectivity index is 1.32. The number of rotatable bonds is 10. The monoisotopic (exact) mass is 562 g/mol. The van der Waals surface area contributed by atoms with Crippen molar-refractivity contribution >= 4 is 39.9 Å². The van der Waals surface area contributed by atoms with Crippen LogP contribution in [0.25, 0.3) is 10.9 Å². The lowest BCUT2D eigenvalue weighted by atomic mass is 10.2. The second-order valence-electron chi connectivity index (χ2n) is 9.62. The van der Waals surface area contributed by atoms with Gasteiger partial charge in [-0.15, -0.1) is 0 Å². The van der Waals surface area contributed by atoms with Crippen LogP contribution in [0.15, 0.2) is 67.1 Å². The molecule has 208 valence electrons. The summed E-state index contributed by atoms with van der Waals surface area (Å²) in [6.07, 6.45) is 3.22. The summed E-state index contributed by atoms with van der Waals surface area (Å²) in [5.41, 5.74) is 2.26. The molecule has 0 aliphatic carbocycles. The summed E-state index contributed by atoms with van der Waals surface area (Å²) in [5, 5.41) is 4.51. The standard InChI is InChI=1S/C29H31ClN6O4/c1-35(2)15-27(37)36-12-13-38-17-22(36)18-40-26-8-5-7-24-28(26)29(33-19-32-24)34-20-9-10-25(23(30)14-20)39-16-21-6-3-4-11-31-21/h3-11,14,19,22H,12-13,15-18H2,1-2H3,(H,32,33,34)/t22-/m0/s1. The van der Waals surface area contributed by atoms with Crippen molar-refractivity contribution in [2.24, 2.45) is 0 Å². The molecule has 1 atom stereocenters. The molecule has 3 heterocycles. The molecule has 10 nitrogen and oxygen atoms in total. The topological polar surface area (TPSA) is 102 Å². The molecule has 1 N–H and O–H groups in total. The van der Waals surface area contributed by atoms with Crippen molar-refractivity contribution in [3.05, 3.63) is 77.8 Å². The number of carbonyl (C=O) groups excluding carboxylic acids is 1. The normalized spacial score (nSPS) is 15.3. The van der Waals surface area contributed by atoms with E-state index in [-0.39, 0.29) is 18.6 Å². The molecule has 0 spiro atoms. The van der Waals surface area contributed by atoms with Crippen LogP contribution >= 0.6 is 11.6 Å². The van der Waals surface area contributed by atoms with E-state index in [0.717, 1.165) is 22.3 Å². The van der Waals surface area contributed by atoms with Crippen LogP contribution in [-0.2, 0) is 16.1 Å². The van der Waals surface area contributed by atoms with Crippen molar-refractivity contribution in [3.8, 4) is 11.5 Å². The average molecular weight is 563 g/mol. The van der Waals surface area contributed by atoms with E-state index < -0.39 is 0 Å². The number of aromatic nitrogens is 3. The zero-order chi connectivity index (χ0) is 27.9. The SMILES string of the molecule is CN(C)CC(=O)N1CCOC[C@H]1COc1cccc2ncnc(Nc3ccc(OCc4ccccn4)c(Cl)c3)c12. The minimum atomic E-state index is -0.199. The number of hydrogen-bond donors (Lipinski definition) is 1. The quantitative estimate of drug-likeness (QED) is 0.305. The van der Waals surface area contributed by atoms with Crippen LogP contribution < -0.4 is 14.8 Å². The second kappa shape index (κ2) is 12.9. The molecule has 2 aromatic carbocycles. The molecule has 0 radical (unpaired) electrons. The van der Waals surface area contributed by atoms with E-state index >= 15 is 0 Å². The van der Waals surface area contributed by atoms with Crippen molar-refractivity contribution in [3.63, 3.8) is 0 Å². The summed E-state index contributed by atoms with van der Waals surface area (Å²) in [7, 11) is 3.76. The molecule has 1 fully saturated rings. The second-order valence-corrected chi connectivity index (χ2v) is 10.0. The fourth-order valence-corrected chi connectivity index (χ4v) is 4.66. The number of benzene rings is 2. The Labute approximate surface area is 237 Å². The number of morpholine rings is 1. The Bertz CT molecular complexity index is 1450. The number of fused-ring (bicyclic) bond motifs is 1. The first-order valence-corrected chi connectivity index (χ1v) is 13.3. The third kappa shape index (κ3) is 6.77. The number of carbonyl (C=O) groups is 1. The fourth-order valence-electron chi connectivity index (χ4n) is 4.43. The largest absolute Gasteiger partial charge is 0.490 e. The maximum Gasteiger partial charge on any atom is 0.237 e. The first-order chi connectivity index (χ1) is 19.5. The molecule has 1 aliphatic rings. The predicted octanol–water partition coefficient (Wildman–Crippen LogP) is 4.17. The molecular weight excluding hydrogens is 532 g/mol. The van der Waals surface area contributed by atoms with Crippen molar-refractivity contribution in [2.45, 2.75) is 12.6 Å². The highest BCUT2D eigenvalue weighted by Crippen LogP contribution is 2.34. The van der Waals surface area contributed by atoms with Crippen LogP contribution in [0.1, 0.15) is 5.69 Å². The van der Waals surface area contributed by atoms with Crippen molar-refractivity contribution in [1.82, 2.24) is 24.8 Å². The van der Waals surface area contributed by atoms with Gasteiger partial charge in [-0.2, -0.15) is 0 Å². The fraction of sp³-hybridized carbons (Fsp3) is 0.310. The van der Waals surface area contributed by atoms with Gasteiger partial charge in [0.1, 0.15) is 36.9 Å². The Kier molecular flexibility index (Phi) is 8.90. The number of amides is 1. The van der Waals surface area contributed by atoms with Gasteiger partial charge in [-0.1, -0.05) is 23.7 Å². The number of halogens is 1. The van der Waals surface area contributed by atoms with Gasteiger partial charge < -0.3 is 29.3 Å². The van der Waals surface area contributed by atoms with Gasteiger partial charge in [0, 0.05) is 18.4 Å². The van der Waals surface area contributed by atoms with Crippen LogP contribution in [0.5, 0.6) is 11.5 Å². The van der Waals surface area contributed by atoms with Gasteiger partial charge in [0.2, 0.25) is 5.91 Å². The number of hydrogen-bond acceptors (Lipinski definition) is 9. The Morgan fingerprint density at radius 1 is 1.10 bits per heavy atom. The highest BCUT2D eigenvalue weighted by atomic mass is 35.5. The number of anilines is 2. The molecule has 5 rings (SSSR count). The van der Waals surface area contributed by atoms with Gasteiger partial charge in [0.25, 0.3) is 0 Å². The van der Waals surface area contributed by atoms with E-state index in [1.807, 2.05) is 66.4 Å². The maximum absolute atomic E-state index is 12.8. The summed E-state index contributed by atoms with van der Waals surface area (Å²) in [4.78, 5) is 29.7. The predicted molar refractivity (Wildman–Crippen MR) is 153 cm³/mol. The molecule has 1 aliphatic heterocycles. The molecule has 11 heteroatoms. The number of nitrogens with zero attached hydrogens (tertiary/aromatic N) is 5. The lowest BCUT2D eigenvalue weighted by Crippen LogP contribution is -2.53. The van der Waals surface area contributed by atoms with Crippen LogP contribution in [0.4, 0.5) is 11.5 Å². The molecule has 40 heavy (non-hydrogen) atoms. The first kappa shape index (κ1) is 27.6. The number of nitrogens with one attached hydrogen (secondary N) is 1.